The lowest BCUT2D eigenvalue weighted by molar-refractivity contribution is 0.249. The van der Waals surface area contributed by atoms with Crippen LogP contribution >= 0.6 is 11.6 Å². The Morgan fingerprint density at radius 2 is 1.88 bits per heavy atom. The Labute approximate surface area is 146 Å². The van der Waals surface area contributed by atoms with Gasteiger partial charge in [-0.25, -0.2) is 9.18 Å². The normalized spacial score (nSPS) is 11.0. The Hall–Kier alpha value is -2.27. The van der Waals surface area contributed by atoms with Crippen molar-refractivity contribution in [1.82, 2.24) is 5.32 Å². The molecule has 0 aliphatic carbocycles. The van der Waals surface area contributed by atoms with Gasteiger partial charge in [0.15, 0.2) is 0 Å². The van der Waals surface area contributed by atoms with E-state index in [1.807, 2.05) is 38.1 Å². The first-order chi connectivity index (χ1) is 11.3. The topological polar surface area (TPSA) is 50.4 Å². The average molecular weight is 351 g/mol. The van der Waals surface area contributed by atoms with Crippen LogP contribution in [-0.4, -0.2) is 19.7 Å². The molecule has 0 aromatic heterocycles. The van der Waals surface area contributed by atoms with Crippen molar-refractivity contribution in [3.05, 3.63) is 58.9 Å². The minimum absolute atomic E-state index is 0.0358. The molecule has 0 atom stereocenters. The van der Waals surface area contributed by atoms with Crippen LogP contribution in [0.4, 0.5) is 14.9 Å². The zero-order valence-electron chi connectivity index (χ0n) is 13.8. The number of anilines is 1. The number of amides is 2. The highest BCUT2D eigenvalue weighted by Crippen LogP contribution is 2.24. The van der Waals surface area contributed by atoms with Crippen molar-refractivity contribution in [3.8, 4) is 5.75 Å². The van der Waals surface area contributed by atoms with Crippen LogP contribution in [0.1, 0.15) is 19.4 Å². The van der Waals surface area contributed by atoms with Gasteiger partial charge in [0.2, 0.25) is 0 Å². The molecule has 0 saturated heterocycles. The Kier molecular flexibility index (Phi) is 5.67. The first-order valence-electron chi connectivity index (χ1n) is 7.46. The van der Waals surface area contributed by atoms with E-state index in [2.05, 4.69) is 10.6 Å². The fraction of sp³-hybridized carbons (Fsp3) is 0.278. The molecule has 128 valence electrons. The first kappa shape index (κ1) is 18.1. The Balaban J connectivity index is 1.94. The number of rotatable bonds is 5. The highest BCUT2D eigenvalue weighted by Gasteiger charge is 2.21. The van der Waals surface area contributed by atoms with Crippen molar-refractivity contribution in [2.75, 3.05) is 19.0 Å². The van der Waals surface area contributed by atoms with Crippen molar-refractivity contribution in [1.29, 1.82) is 0 Å². The lowest BCUT2D eigenvalue weighted by atomic mass is 9.84. The summed E-state index contributed by atoms with van der Waals surface area (Å²) in [5.74, 6) is 0.261. The predicted molar refractivity (Wildman–Crippen MR) is 94.5 cm³/mol. The standard InChI is InChI=1S/C18H20ClFN2O2/c1-18(2,12-4-7-14(24-3)8-5-12)11-21-17(23)22-13-6-9-16(20)15(19)10-13/h4-10H,11H2,1-3H3,(H2,21,22,23). The number of methoxy groups -OCH3 is 1. The van der Waals surface area contributed by atoms with Gasteiger partial charge in [-0.2, -0.15) is 0 Å². The predicted octanol–water partition coefficient (Wildman–Crippen LogP) is 4.59. The molecule has 0 saturated carbocycles. The molecular weight excluding hydrogens is 331 g/mol. The van der Waals surface area contributed by atoms with Crippen molar-refractivity contribution in [3.63, 3.8) is 0 Å². The summed E-state index contributed by atoms with van der Waals surface area (Å²) in [6.45, 7) is 4.49. The van der Waals surface area contributed by atoms with E-state index < -0.39 is 5.82 Å². The molecule has 2 aromatic carbocycles. The molecule has 0 fully saturated rings. The fourth-order valence-electron chi connectivity index (χ4n) is 2.19. The smallest absolute Gasteiger partial charge is 0.319 e. The van der Waals surface area contributed by atoms with E-state index in [1.165, 1.54) is 18.2 Å². The van der Waals surface area contributed by atoms with Gasteiger partial charge in [0.1, 0.15) is 11.6 Å². The number of carbonyl (C=O) groups excluding carboxylic acids is 1. The van der Waals surface area contributed by atoms with Crippen molar-refractivity contribution in [2.45, 2.75) is 19.3 Å². The number of carbonyl (C=O) groups is 1. The molecule has 2 amide bonds. The molecule has 2 aromatic rings. The van der Waals surface area contributed by atoms with E-state index in [0.717, 1.165) is 11.3 Å². The van der Waals surface area contributed by atoms with Gasteiger partial charge in [-0.15, -0.1) is 0 Å². The summed E-state index contributed by atoms with van der Waals surface area (Å²) in [6.07, 6.45) is 0. The molecule has 6 heteroatoms. The van der Waals surface area contributed by atoms with Crippen LogP contribution in [0.5, 0.6) is 5.75 Å². The van der Waals surface area contributed by atoms with Crippen LogP contribution in [0.3, 0.4) is 0 Å². The van der Waals surface area contributed by atoms with E-state index in [1.54, 1.807) is 7.11 Å². The molecule has 4 nitrogen and oxygen atoms in total. The number of halogens is 2. The number of hydrogen-bond acceptors (Lipinski definition) is 2. The van der Waals surface area contributed by atoms with Gasteiger partial charge in [0.05, 0.1) is 12.1 Å². The molecule has 0 aliphatic heterocycles. The molecule has 0 aliphatic rings. The molecule has 0 radical (unpaired) electrons. The lowest BCUT2D eigenvalue weighted by Gasteiger charge is -2.26. The summed E-state index contributed by atoms with van der Waals surface area (Å²) in [5, 5.41) is 5.41. The van der Waals surface area contributed by atoms with Crippen LogP contribution in [-0.2, 0) is 5.41 Å². The molecular formula is C18H20ClFN2O2. The largest absolute Gasteiger partial charge is 0.497 e. The zero-order valence-corrected chi connectivity index (χ0v) is 14.6. The van der Waals surface area contributed by atoms with Crippen molar-refractivity contribution in [2.24, 2.45) is 0 Å². The molecule has 2 N–H and O–H groups in total. The second-order valence-electron chi connectivity index (χ2n) is 6.05. The van der Waals surface area contributed by atoms with E-state index in [4.69, 9.17) is 16.3 Å². The number of urea groups is 1. The summed E-state index contributed by atoms with van der Waals surface area (Å²) >= 11 is 5.69. The van der Waals surface area contributed by atoms with Gasteiger partial charge >= 0.3 is 6.03 Å². The molecule has 0 heterocycles. The Morgan fingerprint density at radius 1 is 1.21 bits per heavy atom. The van der Waals surface area contributed by atoms with Gasteiger partial charge in [0, 0.05) is 17.6 Å². The van der Waals surface area contributed by atoms with Gasteiger partial charge in [-0.1, -0.05) is 37.6 Å². The quantitative estimate of drug-likeness (QED) is 0.828. The maximum Gasteiger partial charge on any atom is 0.319 e. The average Bonchev–Trinajstić information content (AvgIpc) is 2.56. The highest BCUT2D eigenvalue weighted by molar-refractivity contribution is 6.31. The third-order valence-electron chi connectivity index (χ3n) is 3.74. The van der Waals surface area contributed by atoms with Crippen LogP contribution in [0.15, 0.2) is 42.5 Å². The van der Waals surface area contributed by atoms with Crippen LogP contribution in [0.25, 0.3) is 0 Å². The Bertz CT molecular complexity index is 717. The number of benzene rings is 2. The van der Waals surface area contributed by atoms with E-state index >= 15 is 0 Å². The summed E-state index contributed by atoms with van der Waals surface area (Å²) in [6, 6.07) is 11.4. The number of nitrogens with one attached hydrogen (secondary N) is 2. The summed E-state index contributed by atoms with van der Waals surface area (Å²) in [4.78, 5) is 12.0. The van der Waals surface area contributed by atoms with Crippen LogP contribution in [0, 0.1) is 5.82 Å². The molecule has 0 unspecified atom stereocenters. The lowest BCUT2D eigenvalue weighted by Crippen LogP contribution is -2.38. The zero-order chi connectivity index (χ0) is 17.7. The van der Waals surface area contributed by atoms with Gasteiger partial charge in [0.25, 0.3) is 0 Å². The number of hydrogen-bond donors (Lipinski definition) is 2. The monoisotopic (exact) mass is 350 g/mol. The minimum atomic E-state index is -0.525. The van der Waals surface area contributed by atoms with Crippen molar-refractivity contribution < 1.29 is 13.9 Å². The summed E-state index contributed by atoms with van der Waals surface area (Å²) in [5.41, 5.74) is 1.25. The van der Waals surface area contributed by atoms with Crippen LogP contribution < -0.4 is 15.4 Å². The second kappa shape index (κ2) is 7.53. The number of ether oxygens (including phenoxy) is 1. The van der Waals surface area contributed by atoms with Crippen LogP contribution in [0.2, 0.25) is 5.02 Å². The fourth-order valence-corrected chi connectivity index (χ4v) is 2.38. The van der Waals surface area contributed by atoms with E-state index in [0.29, 0.717) is 12.2 Å². The third kappa shape index (κ3) is 4.61. The third-order valence-corrected chi connectivity index (χ3v) is 4.03. The maximum absolute atomic E-state index is 13.1. The molecule has 2 rings (SSSR count). The Morgan fingerprint density at radius 3 is 2.46 bits per heavy atom. The van der Waals surface area contributed by atoms with Gasteiger partial charge in [-0.3, -0.25) is 0 Å². The van der Waals surface area contributed by atoms with Gasteiger partial charge in [-0.05, 0) is 35.9 Å². The second-order valence-corrected chi connectivity index (χ2v) is 6.46. The first-order valence-corrected chi connectivity index (χ1v) is 7.84. The highest BCUT2D eigenvalue weighted by atomic mass is 35.5. The SMILES string of the molecule is COc1ccc(C(C)(C)CNC(=O)Nc2ccc(F)c(Cl)c2)cc1. The summed E-state index contributed by atoms with van der Waals surface area (Å²) in [7, 11) is 1.62. The maximum atomic E-state index is 13.1. The minimum Gasteiger partial charge on any atom is -0.497 e. The van der Waals surface area contributed by atoms with E-state index in [9.17, 15) is 9.18 Å². The van der Waals surface area contributed by atoms with E-state index in [-0.39, 0.29) is 16.5 Å². The summed E-state index contributed by atoms with van der Waals surface area (Å²) < 4.78 is 18.3. The van der Waals surface area contributed by atoms with Gasteiger partial charge < -0.3 is 15.4 Å². The molecule has 0 bridgehead atoms. The molecule has 24 heavy (non-hydrogen) atoms. The van der Waals surface area contributed by atoms with Crippen molar-refractivity contribution >= 4 is 23.3 Å². The molecule has 0 spiro atoms.